The van der Waals surface area contributed by atoms with Crippen LogP contribution in [0.4, 0.5) is 0 Å². The molecule has 3 rings (SSSR count). The average molecular weight is 329 g/mol. The second-order valence-corrected chi connectivity index (χ2v) is 6.07. The van der Waals surface area contributed by atoms with Gasteiger partial charge in [-0.25, -0.2) is 0 Å². The van der Waals surface area contributed by atoms with Gasteiger partial charge in [-0.2, -0.15) is 0 Å². The summed E-state index contributed by atoms with van der Waals surface area (Å²) in [6.45, 7) is 5.22. The van der Waals surface area contributed by atoms with E-state index in [0.29, 0.717) is 24.9 Å². The fourth-order valence-electron chi connectivity index (χ4n) is 3.18. The molecule has 0 bridgehead atoms. The summed E-state index contributed by atoms with van der Waals surface area (Å²) in [6.07, 6.45) is 4.00. The molecule has 24 heavy (non-hydrogen) atoms. The lowest BCUT2D eigenvalue weighted by Crippen LogP contribution is -2.39. The van der Waals surface area contributed by atoms with Crippen molar-refractivity contribution < 1.29 is 9.21 Å². The topological polar surface area (TPSA) is 67.5 Å². The van der Waals surface area contributed by atoms with E-state index in [4.69, 9.17) is 4.42 Å². The van der Waals surface area contributed by atoms with Crippen LogP contribution in [0, 0.1) is 0 Å². The van der Waals surface area contributed by atoms with Crippen LogP contribution >= 0.6 is 0 Å². The number of furan rings is 1. The van der Waals surface area contributed by atoms with Gasteiger partial charge in [-0.15, -0.1) is 0 Å². The Morgan fingerprint density at radius 1 is 1.33 bits per heavy atom. The highest BCUT2D eigenvalue weighted by molar-refractivity contribution is 5.91. The molecule has 1 aliphatic rings. The van der Waals surface area contributed by atoms with Crippen molar-refractivity contribution in [3.05, 3.63) is 58.4 Å². The van der Waals surface area contributed by atoms with Crippen LogP contribution in [-0.2, 0) is 6.54 Å². The summed E-state index contributed by atoms with van der Waals surface area (Å²) in [7, 11) is 0. The second kappa shape index (κ2) is 7.49. The van der Waals surface area contributed by atoms with E-state index in [1.165, 1.54) is 17.1 Å². The van der Waals surface area contributed by atoms with Gasteiger partial charge in [0, 0.05) is 24.8 Å². The number of likely N-dealkylation sites (N-methyl/N-ethyl adjacent to an activating group) is 1. The average Bonchev–Trinajstić information content (AvgIpc) is 3.23. The fourth-order valence-corrected chi connectivity index (χ4v) is 3.18. The third-order valence-electron chi connectivity index (χ3n) is 4.51. The third-order valence-corrected chi connectivity index (χ3v) is 4.51. The number of carbonyl (C=O) groups is 1. The molecule has 0 radical (unpaired) electrons. The van der Waals surface area contributed by atoms with Crippen molar-refractivity contribution in [3.63, 3.8) is 0 Å². The smallest absolute Gasteiger partial charge is 0.287 e. The predicted molar refractivity (Wildman–Crippen MR) is 91.1 cm³/mol. The summed E-state index contributed by atoms with van der Waals surface area (Å²) in [6, 6.07) is 8.79. The quantitative estimate of drug-likeness (QED) is 0.876. The maximum atomic E-state index is 12.2. The first-order valence-electron chi connectivity index (χ1n) is 8.44. The van der Waals surface area contributed by atoms with Crippen molar-refractivity contribution in [2.24, 2.45) is 0 Å². The lowest BCUT2D eigenvalue weighted by atomic mass is 10.2. The van der Waals surface area contributed by atoms with E-state index < -0.39 is 0 Å². The van der Waals surface area contributed by atoms with Crippen LogP contribution in [0.15, 0.2) is 45.7 Å². The predicted octanol–water partition coefficient (Wildman–Crippen LogP) is 1.70. The van der Waals surface area contributed by atoms with Crippen LogP contribution in [0.2, 0.25) is 0 Å². The number of hydrogen-bond acceptors (Lipinski definition) is 4. The number of amides is 1. The van der Waals surface area contributed by atoms with Gasteiger partial charge in [-0.3, -0.25) is 14.5 Å². The number of hydrogen-bond donors (Lipinski definition) is 1. The first-order chi connectivity index (χ1) is 11.7. The first-order valence-corrected chi connectivity index (χ1v) is 8.44. The Kier molecular flexibility index (Phi) is 5.15. The van der Waals surface area contributed by atoms with E-state index in [1.54, 1.807) is 30.5 Å². The zero-order valence-corrected chi connectivity index (χ0v) is 13.9. The SMILES string of the molecule is CCN1CCCC1CNC(=O)c1ccc(Cn2ccccc2=O)o1. The molecule has 3 heterocycles. The maximum Gasteiger partial charge on any atom is 0.287 e. The van der Waals surface area contributed by atoms with E-state index in [9.17, 15) is 9.59 Å². The van der Waals surface area contributed by atoms with Crippen LogP contribution in [0.25, 0.3) is 0 Å². The van der Waals surface area contributed by atoms with Gasteiger partial charge in [0.25, 0.3) is 11.5 Å². The van der Waals surface area contributed by atoms with Gasteiger partial charge in [0.05, 0.1) is 6.54 Å². The standard InChI is InChI=1S/C18H23N3O3/c1-2-20-11-5-6-14(20)12-19-18(23)16-9-8-15(24-16)13-21-10-4-3-7-17(21)22/h3-4,7-10,14H,2,5-6,11-13H2,1H3,(H,19,23). The van der Waals surface area contributed by atoms with Crippen LogP contribution in [0.3, 0.4) is 0 Å². The van der Waals surface area contributed by atoms with Crippen molar-refractivity contribution >= 4 is 5.91 Å². The highest BCUT2D eigenvalue weighted by Crippen LogP contribution is 2.16. The number of nitrogens with one attached hydrogen (secondary N) is 1. The fraction of sp³-hybridized carbons (Fsp3) is 0.444. The third kappa shape index (κ3) is 3.76. The van der Waals surface area contributed by atoms with Gasteiger partial charge in [-0.05, 0) is 44.1 Å². The molecule has 1 fully saturated rings. The zero-order valence-electron chi connectivity index (χ0n) is 13.9. The van der Waals surface area contributed by atoms with Gasteiger partial charge in [0.15, 0.2) is 5.76 Å². The number of rotatable bonds is 6. The molecule has 6 heteroatoms. The van der Waals surface area contributed by atoms with Gasteiger partial charge in [0.2, 0.25) is 0 Å². The number of carbonyl (C=O) groups excluding carboxylic acids is 1. The zero-order chi connectivity index (χ0) is 16.9. The molecule has 1 unspecified atom stereocenters. The van der Waals surface area contributed by atoms with E-state index >= 15 is 0 Å². The summed E-state index contributed by atoms with van der Waals surface area (Å²) >= 11 is 0. The molecule has 6 nitrogen and oxygen atoms in total. The van der Waals surface area contributed by atoms with Gasteiger partial charge < -0.3 is 14.3 Å². The molecule has 1 aliphatic heterocycles. The van der Waals surface area contributed by atoms with Crippen LogP contribution < -0.4 is 10.9 Å². The summed E-state index contributed by atoms with van der Waals surface area (Å²) in [5, 5.41) is 2.95. The molecule has 2 aromatic rings. The molecule has 0 saturated carbocycles. The van der Waals surface area contributed by atoms with Crippen molar-refractivity contribution in [2.75, 3.05) is 19.6 Å². The monoisotopic (exact) mass is 329 g/mol. The Balaban J connectivity index is 1.58. The van der Waals surface area contributed by atoms with E-state index in [1.807, 2.05) is 0 Å². The molecular formula is C18H23N3O3. The first kappa shape index (κ1) is 16.5. The van der Waals surface area contributed by atoms with Crippen LogP contribution in [0.5, 0.6) is 0 Å². The molecule has 1 N–H and O–H groups in total. The maximum absolute atomic E-state index is 12.2. The molecule has 0 aromatic carbocycles. The van der Waals surface area contributed by atoms with Crippen molar-refractivity contribution in [1.29, 1.82) is 0 Å². The van der Waals surface area contributed by atoms with Gasteiger partial charge in [-0.1, -0.05) is 13.0 Å². The molecule has 2 aromatic heterocycles. The summed E-state index contributed by atoms with van der Waals surface area (Å²) in [5.41, 5.74) is -0.0965. The second-order valence-electron chi connectivity index (χ2n) is 6.07. The molecule has 0 spiro atoms. The summed E-state index contributed by atoms with van der Waals surface area (Å²) in [4.78, 5) is 26.3. The Morgan fingerprint density at radius 2 is 2.21 bits per heavy atom. The minimum absolute atomic E-state index is 0.0965. The highest BCUT2D eigenvalue weighted by Gasteiger charge is 2.23. The Hall–Kier alpha value is -2.34. The molecule has 1 amide bonds. The summed E-state index contributed by atoms with van der Waals surface area (Å²) in [5.74, 6) is 0.670. The Labute approximate surface area is 141 Å². The van der Waals surface area contributed by atoms with Crippen molar-refractivity contribution in [2.45, 2.75) is 32.4 Å². The molecule has 1 atom stereocenters. The largest absolute Gasteiger partial charge is 0.454 e. The Bertz CT molecular complexity index is 750. The molecular weight excluding hydrogens is 306 g/mol. The number of aromatic nitrogens is 1. The number of nitrogens with zero attached hydrogens (tertiary/aromatic N) is 2. The van der Waals surface area contributed by atoms with Crippen molar-refractivity contribution in [1.82, 2.24) is 14.8 Å². The molecule has 0 aliphatic carbocycles. The minimum Gasteiger partial charge on any atom is -0.454 e. The lowest BCUT2D eigenvalue weighted by Gasteiger charge is -2.22. The normalized spacial score (nSPS) is 18.0. The Morgan fingerprint density at radius 3 is 3.00 bits per heavy atom. The van der Waals surface area contributed by atoms with E-state index in [-0.39, 0.29) is 17.2 Å². The van der Waals surface area contributed by atoms with E-state index in [2.05, 4.69) is 17.1 Å². The van der Waals surface area contributed by atoms with Gasteiger partial charge >= 0.3 is 0 Å². The van der Waals surface area contributed by atoms with Crippen molar-refractivity contribution in [3.8, 4) is 0 Å². The van der Waals surface area contributed by atoms with Crippen LogP contribution in [-0.4, -0.2) is 41.1 Å². The molecule has 128 valence electrons. The highest BCUT2D eigenvalue weighted by atomic mass is 16.4. The van der Waals surface area contributed by atoms with Crippen LogP contribution in [0.1, 0.15) is 36.1 Å². The molecule has 1 saturated heterocycles. The van der Waals surface area contributed by atoms with E-state index in [0.717, 1.165) is 19.5 Å². The number of pyridine rings is 1. The minimum atomic E-state index is -0.204. The number of likely N-dealkylation sites (tertiary alicyclic amines) is 1. The lowest BCUT2D eigenvalue weighted by molar-refractivity contribution is 0.0911. The van der Waals surface area contributed by atoms with Gasteiger partial charge in [0.1, 0.15) is 5.76 Å². The summed E-state index contributed by atoms with van der Waals surface area (Å²) < 4.78 is 7.13.